The summed E-state index contributed by atoms with van der Waals surface area (Å²) >= 11 is 12.2. The van der Waals surface area contributed by atoms with Gasteiger partial charge in [0.25, 0.3) is 5.91 Å². The van der Waals surface area contributed by atoms with Crippen molar-refractivity contribution in [1.82, 2.24) is 14.7 Å². The number of carbonyl (C=O) groups excluding carboxylic acids is 2. The van der Waals surface area contributed by atoms with E-state index >= 15 is 0 Å². The lowest BCUT2D eigenvalue weighted by Crippen LogP contribution is -2.72. The number of amides is 2. The third kappa shape index (κ3) is 4.89. The number of benzene rings is 1. The van der Waals surface area contributed by atoms with Crippen LogP contribution in [0.25, 0.3) is 0 Å². The van der Waals surface area contributed by atoms with Crippen LogP contribution in [0.2, 0.25) is 10.0 Å². The highest BCUT2D eigenvalue weighted by atomic mass is 35.5. The normalized spacial score (nSPS) is 26.2. The van der Waals surface area contributed by atoms with Crippen LogP contribution in [0.4, 0.5) is 0 Å². The molecule has 3 fully saturated rings. The molecule has 0 aromatic heterocycles. The van der Waals surface area contributed by atoms with E-state index in [4.69, 9.17) is 39.1 Å². The number of nitrogens with two attached hydrogens (primary N) is 1. The van der Waals surface area contributed by atoms with Crippen molar-refractivity contribution in [1.29, 1.82) is 5.41 Å². The molecule has 10 heteroatoms. The van der Waals surface area contributed by atoms with E-state index in [1.54, 1.807) is 17.0 Å². The Labute approximate surface area is 203 Å². The van der Waals surface area contributed by atoms with Crippen LogP contribution >= 0.6 is 23.2 Å². The zero-order chi connectivity index (χ0) is 23.5. The summed E-state index contributed by atoms with van der Waals surface area (Å²) in [5.41, 5.74) is 6.51. The molecular formula is C23H29Cl2N5O3. The number of piperazine rings is 1. The molecule has 3 aliphatic rings. The average molecular weight is 494 g/mol. The van der Waals surface area contributed by atoms with Crippen molar-refractivity contribution in [3.8, 4) is 0 Å². The average Bonchev–Trinajstić information content (AvgIpc) is 3.36. The Morgan fingerprint density at radius 3 is 2.42 bits per heavy atom. The van der Waals surface area contributed by atoms with Gasteiger partial charge in [0.2, 0.25) is 5.91 Å². The van der Waals surface area contributed by atoms with Crippen LogP contribution in [-0.4, -0.2) is 90.2 Å². The molecule has 2 unspecified atom stereocenters. The van der Waals surface area contributed by atoms with Gasteiger partial charge in [-0.25, -0.2) is 0 Å². The summed E-state index contributed by atoms with van der Waals surface area (Å²) in [5.74, 6) is -0.312. The molecular weight excluding hydrogens is 465 g/mol. The Bertz CT molecular complexity index is 950. The van der Waals surface area contributed by atoms with Crippen molar-refractivity contribution in [2.45, 2.75) is 37.4 Å². The van der Waals surface area contributed by atoms with E-state index in [1.165, 1.54) is 0 Å². The predicted octanol–water partition coefficient (Wildman–Crippen LogP) is 1.93. The zero-order valence-corrected chi connectivity index (χ0v) is 19.9. The second-order valence-electron chi connectivity index (χ2n) is 8.68. The molecule has 4 rings (SSSR count). The van der Waals surface area contributed by atoms with Gasteiger partial charge in [-0.15, -0.1) is 0 Å². The van der Waals surface area contributed by atoms with E-state index in [9.17, 15) is 9.59 Å². The van der Waals surface area contributed by atoms with Crippen molar-refractivity contribution in [2.75, 3.05) is 39.4 Å². The van der Waals surface area contributed by atoms with E-state index in [0.717, 1.165) is 43.9 Å². The molecule has 3 aliphatic heterocycles. The number of rotatable bonds is 5. The highest BCUT2D eigenvalue weighted by Gasteiger charge is 2.49. The third-order valence-corrected chi connectivity index (χ3v) is 7.56. The van der Waals surface area contributed by atoms with Gasteiger partial charge in [-0.3, -0.25) is 14.5 Å². The molecule has 33 heavy (non-hydrogen) atoms. The quantitative estimate of drug-likeness (QED) is 0.481. The van der Waals surface area contributed by atoms with Gasteiger partial charge in [-0.2, -0.15) is 0 Å². The number of halogens is 2. The van der Waals surface area contributed by atoms with Gasteiger partial charge >= 0.3 is 0 Å². The SMILES string of the molecule is N=C/C(=C\N)C(=O)N1CCN(C(=O)Cc2ccc(Cl)c(Cl)c2)C2C1COC[C@@H]2N1CCCC1. The summed E-state index contributed by atoms with van der Waals surface area (Å²) < 4.78 is 5.95. The maximum Gasteiger partial charge on any atom is 0.257 e. The first-order valence-electron chi connectivity index (χ1n) is 11.2. The number of carbonyl (C=O) groups is 2. The van der Waals surface area contributed by atoms with Gasteiger partial charge in [0.15, 0.2) is 0 Å². The zero-order valence-electron chi connectivity index (χ0n) is 18.4. The van der Waals surface area contributed by atoms with Crippen LogP contribution in [0.15, 0.2) is 30.0 Å². The monoisotopic (exact) mass is 493 g/mol. The summed E-state index contributed by atoms with van der Waals surface area (Å²) in [6.07, 6.45) is 4.56. The van der Waals surface area contributed by atoms with Crippen LogP contribution in [0.3, 0.4) is 0 Å². The second-order valence-corrected chi connectivity index (χ2v) is 9.50. The molecule has 0 spiro atoms. The van der Waals surface area contributed by atoms with Crippen molar-refractivity contribution in [2.24, 2.45) is 5.73 Å². The lowest BCUT2D eigenvalue weighted by Gasteiger charge is -2.54. The summed E-state index contributed by atoms with van der Waals surface area (Å²) in [5, 5.41) is 8.41. The van der Waals surface area contributed by atoms with Crippen molar-refractivity contribution >= 4 is 41.2 Å². The van der Waals surface area contributed by atoms with Gasteiger partial charge < -0.3 is 25.7 Å². The number of likely N-dealkylation sites (tertiary alicyclic amines) is 1. The molecule has 3 saturated heterocycles. The molecule has 3 N–H and O–H groups in total. The maximum atomic E-state index is 13.5. The van der Waals surface area contributed by atoms with E-state index in [2.05, 4.69) is 4.90 Å². The highest BCUT2D eigenvalue weighted by Crippen LogP contribution is 2.31. The summed E-state index contributed by atoms with van der Waals surface area (Å²) in [7, 11) is 0. The number of hydrogen-bond acceptors (Lipinski definition) is 6. The van der Waals surface area contributed by atoms with E-state index in [0.29, 0.717) is 36.3 Å². The number of nitrogens with one attached hydrogen (secondary N) is 1. The summed E-state index contributed by atoms with van der Waals surface area (Å²) in [6, 6.07) is 4.74. The Hall–Kier alpha value is -2.13. The lowest BCUT2D eigenvalue weighted by molar-refractivity contribution is -0.160. The molecule has 8 nitrogen and oxygen atoms in total. The van der Waals surface area contributed by atoms with Crippen LogP contribution in [0.5, 0.6) is 0 Å². The first-order chi connectivity index (χ1) is 15.9. The van der Waals surface area contributed by atoms with E-state index < -0.39 is 0 Å². The van der Waals surface area contributed by atoms with E-state index in [1.807, 2.05) is 11.0 Å². The van der Waals surface area contributed by atoms with Gasteiger partial charge in [0, 0.05) is 25.5 Å². The highest BCUT2D eigenvalue weighted by molar-refractivity contribution is 6.42. The Morgan fingerprint density at radius 1 is 1.06 bits per heavy atom. The Morgan fingerprint density at radius 2 is 1.76 bits per heavy atom. The van der Waals surface area contributed by atoms with Gasteiger partial charge in [0.1, 0.15) is 0 Å². The number of nitrogens with zero attached hydrogens (tertiary/aromatic N) is 3. The Balaban J connectivity index is 1.62. The van der Waals surface area contributed by atoms with Crippen LogP contribution in [-0.2, 0) is 20.7 Å². The van der Waals surface area contributed by atoms with Crippen LogP contribution in [0, 0.1) is 5.41 Å². The summed E-state index contributed by atoms with van der Waals surface area (Å²) in [6.45, 7) is 3.53. The minimum atomic E-state index is -0.307. The molecule has 178 valence electrons. The number of fused-ring (bicyclic) bond motifs is 1. The molecule has 1 aromatic carbocycles. The van der Waals surface area contributed by atoms with Crippen molar-refractivity contribution in [3.63, 3.8) is 0 Å². The fourth-order valence-corrected chi connectivity index (χ4v) is 5.51. The molecule has 0 bridgehead atoms. The molecule has 3 atom stereocenters. The fraction of sp³-hybridized carbons (Fsp3) is 0.522. The topological polar surface area (TPSA) is 103 Å². The van der Waals surface area contributed by atoms with Crippen molar-refractivity contribution < 1.29 is 14.3 Å². The first kappa shape index (κ1) is 24.0. The van der Waals surface area contributed by atoms with Crippen LogP contribution in [0.1, 0.15) is 18.4 Å². The van der Waals surface area contributed by atoms with E-state index in [-0.39, 0.29) is 41.9 Å². The minimum absolute atomic E-state index is 0.00453. The van der Waals surface area contributed by atoms with Crippen molar-refractivity contribution in [3.05, 3.63) is 45.6 Å². The number of hydrogen-bond donors (Lipinski definition) is 2. The molecule has 1 aromatic rings. The summed E-state index contributed by atoms with van der Waals surface area (Å²) in [4.78, 5) is 32.6. The fourth-order valence-electron chi connectivity index (χ4n) is 5.19. The molecule has 2 amide bonds. The van der Waals surface area contributed by atoms with Crippen LogP contribution < -0.4 is 5.73 Å². The molecule has 3 heterocycles. The molecule has 0 aliphatic carbocycles. The maximum absolute atomic E-state index is 13.5. The smallest absolute Gasteiger partial charge is 0.257 e. The third-order valence-electron chi connectivity index (χ3n) is 6.82. The first-order valence-corrected chi connectivity index (χ1v) is 12.0. The largest absolute Gasteiger partial charge is 0.404 e. The Kier molecular flexibility index (Phi) is 7.58. The second kappa shape index (κ2) is 10.4. The van der Waals surface area contributed by atoms with Gasteiger partial charge in [-0.1, -0.05) is 29.3 Å². The number of ether oxygens (including phenoxy) is 1. The lowest BCUT2D eigenvalue weighted by atomic mass is 9.90. The molecule has 0 radical (unpaired) electrons. The van der Waals surface area contributed by atoms with Gasteiger partial charge in [-0.05, 0) is 43.6 Å². The predicted molar refractivity (Wildman–Crippen MR) is 128 cm³/mol. The molecule has 0 saturated carbocycles. The van der Waals surface area contributed by atoms with Gasteiger partial charge in [0.05, 0.1) is 53.4 Å². The standard InChI is InChI=1S/C23H29Cl2N5O3/c24-17-4-3-15(9-18(17)25)10-21(31)30-8-7-29(23(32)16(11-26)12-27)20-14-33-13-19(22(20)30)28-5-1-2-6-28/h3-4,9,11-12,19-20,22,26H,1-2,5-8,10,13-14,27H2/b16-12+,26-11?/t19-,20?,22?/m0/s1. The minimum Gasteiger partial charge on any atom is -0.404 e.